The Kier molecular flexibility index (Phi) is 11.7. The number of ether oxygens (including phenoxy) is 2. The van der Waals surface area contributed by atoms with E-state index < -0.39 is 0 Å². The third-order valence-electron chi connectivity index (χ3n) is 9.12. The average molecular weight is 679 g/mol. The number of aromatic nitrogens is 4. The van der Waals surface area contributed by atoms with Crippen LogP contribution in [0.2, 0.25) is 0 Å². The van der Waals surface area contributed by atoms with Gasteiger partial charge in [0.05, 0.1) is 36.0 Å². The Hall–Kier alpha value is -3.97. The first-order valence-corrected chi connectivity index (χ1v) is 16.4. The largest absolute Gasteiger partial charge is 2.00 e. The first-order valence-electron chi connectivity index (χ1n) is 16.4. The van der Waals surface area contributed by atoms with Gasteiger partial charge in [-0.3, -0.25) is 9.59 Å². The summed E-state index contributed by atoms with van der Waals surface area (Å²) >= 11 is 0. The van der Waals surface area contributed by atoms with Gasteiger partial charge < -0.3 is 19.4 Å². The third-order valence-corrected chi connectivity index (χ3v) is 9.12. The molecule has 0 unspecified atom stereocenters. The van der Waals surface area contributed by atoms with Crippen LogP contribution in [0.5, 0.6) is 0 Å². The molecule has 250 valence electrons. The van der Waals surface area contributed by atoms with Gasteiger partial charge in [-0.05, 0) is 95.6 Å². The number of rotatable bonds is 10. The summed E-state index contributed by atoms with van der Waals surface area (Å²) in [7, 11) is 0. The summed E-state index contributed by atoms with van der Waals surface area (Å²) in [5.74, 6) is -0.478. The van der Waals surface area contributed by atoms with Crippen LogP contribution in [0.25, 0.3) is 44.4 Å². The Morgan fingerprint density at radius 3 is 1.43 bits per heavy atom. The summed E-state index contributed by atoms with van der Waals surface area (Å²) in [5, 5.41) is 0. The van der Waals surface area contributed by atoms with Crippen molar-refractivity contribution in [3.63, 3.8) is 0 Å². The summed E-state index contributed by atoms with van der Waals surface area (Å²) < 4.78 is 10.5. The molecule has 0 spiro atoms. The van der Waals surface area contributed by atoms with E-state index in [2.05, 4.69) is 52.8 Å². The summed E-state index contributed by atoms with van der Waals surface area (Å²) in [4.78, 5) is 45.3. The van der Waals surface area contributed by atoms with Gasteiger partial charge in [-0.1, -0.05) is 54.3 Å². The number of hydrogen-bond acceptors (Lipinski definition) is 6. The predicted octanol–water partition coefficient (Wildman–Crippen LogP) is 7.86. The maximum Gasteiger partial charge on any atom is 2.00 e. The zero-order valence-corrected chi connectivity index (χ0v) is 29.7. The number of allylic oxidation sites excluding steroid dienone is 4. The van der Waals surface area contributed by atoms with Crippen LogP contribution in [0.4, 0.5) is 0 Å². The van der Waals surface area contributed by atoms with Crippen molar-refractivity contribution >= 4 is 56.3 Å². The van der Waals surface area contributed by atoms with E-state index in [1.807, 2.05) is 26.8 Å². The van der Waals surface area contributed by atoms with E-state index in [0.29, 0.717) is 26.1 Å². The molecule has 8 nitrogen and oxygen atoms in total. The molecule has 47 heavy (non-hydrogen) atoms. The molecule has 0 saturated carbocycles. The van der Waals surface area contributed by atoms with Crippen molar-refractivity contribution in [2.75, 3.05) is 13.2 Å². The Balaban J connectivity index is 0.00000500. The molecule has 0 radical (unpaired) electrons. The van der Waals surface area contributed by atoms with Crippen LogP contribution in [-0.4, -0.2) is 35.1 Å². The van der Waals surface area contributed by atoms with Gasteiger partial charge in [-0.25, -0.2) is 9.97 Å². The molecule has 0 saturated heterocycles. The number of nitrogens with zero attached hydrogens (tertiary/aromatic N) is 4. The molecule has 8 bridgehead atoms. The van der Waals surface area contributed by atoms with Gasteiger partial charge >= 0.3 is 28.4 Å². The molecule has 0 N–H and O–H groups in total. The summed E-state index contributed by atoms with van der Waals surface area (Å²) in [5.41, 5.74) is 15.4. The standard InChI is InChI=1S/C38H44N4O4.Ni/c1-9-25-21(5)29-17-30-23(7)27(13-15-37(43)45-11-3)35(41-30)20-36-28(14-16-38(44)46-12-4)24(8)32(42-36)19-34-26(10-2)22(6)31(40-34)18-33(25)39-29;/h17-20H,9-16H2,1-8H3;/q-2;+2. The number of fused-ring (bicyclic) bond motifs is 8. The number of hydrogen-bond donors (Lipinski definition) is 0. The summed E-state index contributed by atoms with van der Waals surface area (Å²) in [6.45, 7) is 17.0. The minimum absolute atomic E-state index is 0. The van der Waals surface area contributed by atoms with Crippen LogP contribution >= 0.6 is 0 Å². The molecule has 5 rings (SSSR count). The first kappa shape index (κ1) is 35.9. The van der Waals surface area contributed by atoms with Crippen molar-refractivity contribution < 1.29 is 35.6 Å². The van der Waals surface area contributed by atoms with Gasteiger partial charge in [-0.15, -0.1) is 22.1 Å². The van der Waals surface area contributed by atoms with Gasteiger partial charge in [0.2, 0.25) is 0 Å². The van der Waals surface area contributed by atoms with Crippen molar-refractivity contribution in [2.24, 2.45) is 0 Å². The summed E-state index contributed by atoms with van der Waals surface area (Å²) in [6.07, 6.45) is 3.16. The second kappa shape index (κ2) is 15.3. The molecule has 0 atom stereocenters. The van der Waals surface area contributed by atoms with Crippen LogP contribution in [0.3, 0.4) is 0 Å². The summed E-state index contributed by atoms with van der Waals surface area (Å²) in [6, 6.07) is 8.23. The smallest absolute Gasteiger partial charge is 0.657 e. The van der Waals surface area contributed by atoms with Gasteiger partial charge in [0.1, 0.15) is 0 Å². The zero-order chi connectivity index (χ0) is 33.1. The van der Waals surface area contributed by atoms with Crippen LogP contribution in [0.1, 0.15) is 112 Å². The van der Waals surface area contributed by atoms with E-state index in [1.165, 1.54) is 11.1 Å². The van der Waals surface area contributed by atoms with Gasteiger partial charge in [0.25, 0.3) is 0 Å². The molecule has 9 heteroatoms. The Morgan fingerprint density at radius 2 is 1.00 bits per heavy atom. The van der Waals surface area contributed by atoms with E-state index in [9.17, 15) is 9.59 Å². The van der Waals surface area contributed by atoms with E-state index >= 15 is 0 Å². The van der Waals surface area contributed by atoms with Gasteiger partial charge in [0.15, 0.2) is 0 Å². The number of carbonyl (C=O) groups is 2. The monoisotopic (exact) mass is 678 g/mol. The molecular formula is C38H44N4NiO4. The molecule has 5 heterocycles. The van der Waals surface area contributed by atoms with Crippen LogP contribution in [-0.2, 0) is 48.4 Å². The Bertz CT molecular complexity index is 1930. The second-order valence-electron chi connectivity index (χ2n) is 11.8. The molecular weight excluding hydrogens is 635 g/mol. The topological polar surface area (TPSA) is 107 Å². The van der Waals surface area contributed by atoms with Crippen molar-refractivity contribution in [1.82, 2.24) is 19.9 Å². The minimum Gasteiger partial charge on any atom is -0.657 e. The van der Waals surface area contributed by atoms with Crippen LogP contribution < -0.4 is 9.97 Å². The maximum absolute atomic E-state index is 12.4. The van der Waals surface area contributed by atoms with E-state index in [4.69, 9.17) is 29.4 Å². The van der Waals surface area contributed by atoms with Crippen LogP contribution in [0.15, 0.2) is 24.3 Å². The minimum atomic E-state index is -0.239. The fourth-order valence-corrected chi connectivity index (χ4v) is 6.51. The van der Waals surface area contributed by atoms with Crippen molar-refractivity contribution in [3.05, 3.63) is 69.3 Å². The van der Waals surface area contributed by atoms with Gasteiger partial charge in [0, 0.05) is 12.8 Å². The first-order chi connectivity index (χ1) is 22.1. The molecule has 0 aliphatic carbocycles. The van der Waals surface area contributed by atoms with Gasteiger partial charge in [-0.2, -0.15) is 0 Å². The number of aryl methyl sites for hydroxylation is 4. The number of esters is 2. The van der Waals surface area contributed by atoms with E-state index in [1.54, 1.807) is 0 Å². The predicted molar refractivity (Wildman–Crippen MR) is 184 cm³/mol. The maximum atomic E-state index is 12.4. The fourth-order valence-electron chi connectivity index (χ4n) is 6.51. The van der Waals surface area contributed by atoms with Crippen LogP contribution in [0, 0.1) is 13.8 Å². The molecule has 0 aromatic carbocycles. The molecule has 0 amide bonds. The van der Waals surface area contributed by atoms with E-state index in [0.717, 1.165) is 91.1 Å². The normalized spacial score (nSPS) is 12.8. The SMILES string of the molecule is CCOC(=O)CCc1c(C)c2cc3nc(cc4nc(cc5[n-]c(cc1[n-]2)c(CCC(=O)OCC)c5C)C(CC)=C4C)C(CC)=C3C.[Ni+2]. The third kappa shape index (κ3) is 7.30. The average Bonchev–Trinajstić information content (AvgIpc) is 3.68. The zero-order valence-electron chi connectivity index (χ0n) is 28.7. The molecule has 2 aliphatic heterocycles. The fraction of sp³-hybridized carbons (Fsp3) is 0.421. The Labute approximate surface area is 287 Å². The molecule has 2 aliphatic rings. The van der Waals surface area contributed by atoms with Crippen molar-refractivity contribution in [1.29, 1.82) is 0 Å². The van der Waals surface area contributed by atoms with E-state index in [-0.39, 0.29) is 41.3 Å². The Morgan fingerprint density at radius 1 is 0.596 bits per heavy atom. The molecule has 3 aromatic heterocycles. The molecule has 3 aromatic rings. The van der Waals surface area contributed by atoms with Crippen molar-refractivity contribution in [2.45, 2.75) is 93.9 Å². The quantitative estimate of drug-likeness (QED) is 0.158. The number of carbonyl (C=O) groups excluding carboxylic acids is 2. The molecule has 0 fully saturated rings. The second-order valence-corrected chi connectivity index (χ2v) is 11.8. The van der Waals surface area contributed by atoms with Crippen molar-refractivity contribution in [3.8, 4) is 0 Å².